The molecule has 0 aliphatic carbocycles. The summed E-state index contributed by atoms with van der Waals surface area (Å²) >= 11 is 0. The van der Waals surface area contributed by atoms with Crippen molar-refractivity contribution in [3.63, 3.8) is 0 Å². The molecule has 56 heavy (non-hydrogen) atoms. The topological polar surface area (TPSA) is 65.0 Å². The predicted octanol–water partition coefficient (Wildman–Crippen LogP) is 13.8. The third-order valence-electron chi connectivity index (χ3n) is 11.1. The van der Waals surface area contributed by atoms with Gasteiger partial charge in [0.1, 0.15) is 22.3 Å². The molecule has 3 heterocycles. The van der Waals surface area contributed by atoms with Gasteiger partial charge in [-0.05, 0) is 80.5 Å². The van der Waals surface area contributed by atoms with Gasteiger partial charge in [0.25, 0.3) is 0 Å². The van der Waals surface area contributed by atoms with Gasteiger partial charge in [-0.3, -0.25) is 0 Å². The standard InChI is InChI=1S/C51H29N3O2/c1-3-13-33-26-35(22-20-30(33)10-1)42-28-37(29-45-47(42)40-25-24-32-12-5-6-15-38(32)48(40)56-45)50-52-49(36-23-21-31-11-2-4-14-34(31)27-36)53-51(54-50)41-17-9-19-44-46(41)39-16-7-8-18-43(39)55-44/h1-29H. The Morgan fingerprint density at radius 3 is 1.70 bits per heavy atom. The summed E-state index contributed by atoms with van der Waals surface area (Å²) in [6.45, 7) is 0. The van der Waals surface area contributed by atoms with Crippen LogP contribution in [0, 0.1) is 0 Å². The lowest BCUT2D eigenvalue weighted by Gasteiger charge is -2.12. The van der Waals surface area contributed by atoms with Gasteiger partial charge < -0.3 is 8.83 Å². The van der Waals surface area contributed by atoms with E-state index >= 15 is 0 Å². The van der Waals surface area contributed by atoms with Crippen LogP contribution in [0.5, 0.6) is 0 Å². The van der Waals surface area contributed by atoms with Crippen LogP contribution >= 0.6 is 0 Å². The molecule has 0 fully saturated rings. The lowest BCUT2D eigenvalue weighted by atomic mass is 9.94. The molecular weight excluding hydrogens is 687 g/mol. The second-order valence-electron chi connectivity index (χ2n) is 14.4. The van der Waals surface area contributed by atoms with Gasteiger partial charge in [0, 0.05) is 43.6 Å². The summed E-state index contributed by atoms with van der Waals surface area (Å²) in [5, 5.41) is 11.0. The zero-order chi connectivity index (χ0) is 36.7. The number of fused-ring (bicyclic) bond motifs is 10. The van der Waals surface area contributed by atoms with E-state index in [2.05, 4.69) is 146 Å². The summed E-state index contributed by atoms with van der Waals surface area (Å²) < 4.78 is 13.2. The first-order chi connectivity index (χ1) is 27.7. The average molecular weight is 716 g/mol. The first-order valence-corrected chi connectivity index (χ1v) is 18.8. The van der Waals surface area contributed by atoms with Gasteiger partial charge in [-0.25, -0.2) is 15.0 Å². The molecule has 0 aliphatic heterocycles. The molecule has 0 unspecified atom stereocenters. The summed E-state index contributed by atoms with van der Waals surface area (Å²) in [5.41, 5.74) is 8.00. The van der Waals surface area contributed by atoms with Crippen molar-refractivity contribution < 1.29 is 8.83 Å². The second-order valence-corrected chi connectivity index (χ2v) is 14.4. The minimum absolute atomic E-state index is 0.553. The maximum atomic E-state index is 6.87. The van der Waals surface area contributed by atoms with Crippen molar-refractivity contribution >= 4 is 76.2 Å². The monoisotopic (exact) mass is 715 g/mol. The molecule has 0 amide bonds. The van der Waals surface area contributed by atoms with Gasteiger partial charge in [-0.1, -0.05) is 133 Å². The lowest BCUT2D eigenvalue weighted by molar-refractivity contribution is 0.669. The van der Waals surface area contributed by atoms with Crippen molar-refractivity contribution in [2.24, 2.45) is 0 Å². The molecule has 0 spiro atoms. The van der Waals surface area contributed by atoms with Crippen LogP contribution < -0.4 is 0 Å². The predicted molar refractivity (Wildman–Crippen MR) is 229 cm³/mol. The fourth-order valence-corrected chi connectivity index (χ4v) is 8.39. The van der Waals surface area contributed by atoms with E-state index in [1.165, 1.54) is 10.8 Å². The normalized spacial score (nSPS) is 11.9. The Balaban J connectivity index is 1.16. The van der Waals surface area contributed by atoms with Crippen LogP contribution in [0.15, 0.2) is 185 Å². The van der Waals surface area contributed by atoms with E-state index < -0.39 is 0 Å². The highest BCUT2D eigenvalue weighted by Crippen LogP contribution is 2.43. The number of furan rings is 2. The zero-order valence-corrected chi connectivity index (χ0v) is 29.9. The fourth-order valence-electron chi connectivity index (χ4n) is 8.39. The minimum atomic E-state index is 0.553. The van der Waals surface area contributed by atoms with Crippen molar-refractivity contribution in [3.8, 4) is 45.3 Å². The third kappa shape index (κ3) is 4.78. The van der Waals surface area contributed by atoms with Crippen molar-refractivity contribution in [1.29, 1.82) is 0 Å². The van der Waals surface area contributed by atoms with E-state index in [1.807, 2.05) is 30.3 Å². The summed E-state index contributed by atoms with van der Waals surface area (Å²) in [6.07, 6.45) is 0. The first kappa shape index (κ1) is 30.8. The van der Waals surface area contributed by atoms with Crippen LogP contribution in [0.4, 0.5) is 0 Å². The molecule has 0 atom stereocenters. The highest BCUT2D eigenvalue weighted by molar-refractivity contribution is 6.20. The largest absolute Gasteiger partial charge is 0.456 e. The molecule has 9 aromatic carbocycles. The van der Waals surface area contributed by atoms with Gasteiger partial charge in [0.15, 0.2) is 17.5 Å². The molecule has 0 N–H and O–H groups in total. The van der Waals surface area contributed by atoms with Crippen LogP contribution in [-0.2, 0) is 0 Å². The Bertz CT molecular complexity index is 3560. The highest BCUT2D eigenvalue weighted by Gasteiger charge is 2.21. The number of hydrogen-bond donors (Lipinski definition) is 0. The smallest absolute Gasteiger partial charge is 0.164 e. The molecule has 260 valence electrons. The van der Waals surface area contributed by atoms with E-state index in [-0.39, 0.29) is 0 Å². The van der Waals surface area contributed by atoms with E-state index in [4.69, 9.17) is 23.8 Å². The Hall–Kier alpha value is -7.63. The van der Waals surface area contributed by atoms with E-state index in [0.717, 1.165) is 93.2 Å². The number of aromatic nitrogens is 3. The number of hydrogen-bond acceptors (Lipinski definition) is 5. The fraction of sp³-hybridized carbons (Fsp3) is 0. The molecule has 5 nitrogen and oxygen atoms in total. The average Bonchev–Trinajstić information content (AvgIpc) is 3.84. The quantitative estimate of drug-likeness (QED) is 0.181. The summed E-state index contributed by atoms with van der Waals surface area (Å²) in [5.74, 6) is 1.71. The maximum Gasteiger partial charge on any atom is 0.164 e. The van der Waals surface area contributed by atoms with Crippen LogP contribution in [0.25, 0.3) is 121 Å². The molecule has 0 saturated heterocycles. The molecule has 12 aromatic rings. The van der Waals surface area contributed by atoms with Crippen molar-refractivity contribution in [1.82, 2.24) is 15.0 Å². The van der Waals surface area contributed by atoms with Crippen LogP contribution in [0.2, 0.25) is 0 Å². The Kier molecular flexibility index (Phi) is 6.56. The molecule has 0 radical (unpaired) electrons. The lowest BCUT2D eigenvalue weighted by Crippen LogP contribution is -2.01. The van der Waals surface area contributed by atoms with Gasteiger partial charge in [-0.2, -0.15) is 0 Å². The first-order valence-electron chi connectivity index (χ1n) is 18.8. The Labute approximate surface area is 320 Å². The van der Waals surface area contributed by atoms with E-state index in [9.17, 15) is 0 Å². The van der Waals surface area contributed by atoms with Crippen molar-refractivity contribution in [2.75, 3.05) is 0 Å². The molecule has 12 rings (SSSR count). The Morgan fingerprint density at radius 1 is 0.304 bits per heavy atom. The second kappa shape index (κ2) is 11.9. The molecule has 0 aliphatic rings. The Morgan fingerprint density at radius 2 is 0.893 bits per heavy atom. The highest BCUT2D eigenvalue weighted by atomic mass is 16.3. The SMILES string of the molecule is c1ccc2cc(-c3nc(-c4cc(-c5ccc6ccccc6c5)c5c(c4)oc4c6ccccc6ccc45)nc(-c4cccc5oc6ccccc6c45)n3)ccc2c1. The van der Waals surface area contributed by atoms with Crippen LogP contribution in [0.1, 0.15) is 0 Å². The molecule has 0 saturated carbocycles. The van der Waals surface area contributed by atoms with Crippen molar-refractivity contribution in [3.05, 3.63) is 176 Å². The summed E-state index contributed by atoms with van der Waals surface area (Å²) in [7, 11) is 0. The summed E-state index contributed by atoms with van der Waals surface area (Å²) in [4.78, 5) is 15.7. The molecule has 3 aromatic heterocycles. The zero-order valence-electron chi connectivity index (χ0n) is 29.9. The number of benzene rings is 9. The van der Waals surface area contributed by atoms with Gasteiger partial charge in [-0.15, -0.1) is 0 Å². The molecular formula is C51H29N3O2. The third-order valence-corrected chi connectivity index (χ3v) is 11.1. The molecule has 5 heteroatoms. The number of nitrogens with zero attached hydrogens (tertiary/aromatic N) is 3. The molecule has 0 bridgehead atoms. The number of rotatable bonds is 4. The van der Waals surface area contributed by atoms with Gasteiger partial charge in [0.05, 0.1) is 0 Å². The summed E-state index contributed by atoms with van der Waals surface area (Å²) in [6, 6.07) is 61.1. The van der Waals surface area contributed by atoms with Crippen LogP contribution in [-0.4, -0.2) is 15.0 Å². The maximum absolute atomic E-state index is 6.87. The van der Waals surface area contributed by atoms with Gasteiger partial charge >= 0.3 is 0 Å². The van der Waals surface area contributed by atoms with Crippen molar-refractivity contribution in [2.45, 2.75) is 0 Å². The van der Waals surface area contributed by atoms with E-state index in [1.54, 1.807) is 0 Å². The minimum Gasteiger partial charge on any atom is -0.456 e. The van der Waals surface area contributed by atoms with Crippen LogP contribution in [0.3, 0.4) is 0 Å². The van der Waals surface area contributed by atoms with E-state index in [0.29, 0.717) is 17.5 Å². The number of para-hydroxylation sites is 1. The van der Waals surface area contributed by atoms with Gasteiger partial charge in [0.2, 0.25) is 0 Å².